The van der Waals surface area contributed by atoms with E-state index < -0.39 is 7.04 Å². The van der Waals surface area contributed by atoms with E-state index in [0.29, 0.717) is 59.9 Å². The highest BCUT2D eigenvalue weighted by atomic mass is 16.5. The van der Waals surface area contributed by atoms with E-state index in [1.165, 1.54) is 19.2 Å². The fraction of sp³-hybridized carbons (Fsp3) is 0.559. The van der Waals surface area contributed by atoms with Crippen molar-refractivity contribution in [1.29, 1.82) is 5.26 Å². The van der Waals surface area contributed by atoms with E-state index in [4.69, 9.17) is 28.2 Å². The van der Waals surface area contributed by atoms with Crippen molar-refractivity contribution in [3.63, 3.8) is 0 Å². The number of nitriles is 1. The molecular formula is C34H43N11O4. The summed E-state index contributed by atoms with van der Waals surface area (Å²) in [5.74, 6) is 1.18. The molecule has 2 aliphatic heterocycles. The number of ether oxygens (including phenoxy) is 4. The van der Waals surface area contributed by atoms with E-state index in [2.05, 4.69) is 41.8 Å². The zero-order valence-corrected chi connectivity index (χ0v) is 27.5. The maximum absolute atomic E-state index is 9.68. The lowest BCUT2D eigenvalue weighted by Crippen LogP contribution is -2.52. The summed E-state index contributed by atoms with van der Waals surface area (Å²) in [6, 6.07) is 9.41. The van der Waals surface area contributed by atoms with Crippen LogP contribution in [0.25, 0.3) is 11.1 Å². The number of morpholine rings is 1. The summed E-state index contributed by atoms with van der Waals surface area (Å²) in [7, 11) is -2.45. The predicted molar refractivity (Wildman–Crippen MR) is 178 cm³/mol. The SMILES string of the molecule is [2H]C([2H])([2H])OCCCOc1nn(C2CCC(N3[C@@H]4CC[C@H]3COC4)CC2)cc1Nc1ncc(-c2ccc(C#N)c(O[C@@H](C)Cn3cnnn3)c2)cn1. The van der Waals surface area contributed by atoms with Gasteiger partial charge in [0.15, 0.2) is 0 Å². The van der Waals surface area contributed by atoms with E-state index >= 15 is 0 Å². The fourth-order valence-electron chi connectivity index (χ4n) is 7.27. The average molecular weight is 673 g/mol. The second kappa shape index (κ2) is 15.3. The molecule has 258 valence electrons. The van der Waals surface area contributed by atoms with Gasteiger partial charge in [0.2, 0.25) is 5.95 Å². The Labute approximate surface area is 289 Å². The van der Waals surface area contributed by atoms with Gasteiger partial charge in [0.05, 0.1) is 48.3 Å². The summed E-state index contributed by atoms with van der Waals surface area (Å²) >= 11 is 0. The first-order valence-electron chi connectivity index (χ1n) is 18.4. The molecule has 3 aliphatic rings. The monoisotopic (exact) mass is 672 g/mol. The molecule has 1 aromatic carbocycles. The molecule has 2 saturated heterocycles. The minimum atomic E-state index is -2.45. The highest BCUT2D eigenvalue weighted by Crippen LogP contribution is 2.39. The normalized spacial score (nSPS) is 24.0. The third kappa shape index (κ3) is 7.66. The van der Waals surface area contributed by atoms with E-state index in [0.717, 1.165) is 50.0 Å². The fourth-order valence-corrected chi connectivity index (χ4v) is 7.27. The van der Waals surface area contributed by atoms with Crippen molar-refractivity contribution in [3.05, 3.63) is 48.7 Å². The van der Waals surface area contributed by atoms with Crippen LogP contribution in [0.15, 0.2) is 43.1 Å². The predicted octanol–water partition coefficient (Wildman–Crippen LogP) is 4.17. The van der Waals surface area contributed by atoms with Gasteiger partial charge in [-0.25, -0.2) is 14.6 Å². The number of anilines is 2. The lowest BCUT2D eigenvalue weighted by Gasteiger charge is -2.43. The van der Waals surface area contributed by atoms with Crippen LogP contribution >= 0.6 is 0 Å². The zero-order chi connectivity index (χ0) is 36.1. The molecule has 0 radical (unpaired) electrons. The quantitative estimate of drug-likeness (QED) is 0.190. The lowest BCUT2D eigenvalue weighted by atomic mass is 9.89. The molecule has 3 fully saturated rings. The molecule has 5 heterocycles. The highest BCUT2D eigenvalue weighted by molar-refractivity contribution is 5.67. The number of fused-ring (bicyclic) bond motifs is 2. The summed E-state index contributed by atoms with van der Waals surface area (Å²) in [4.78, 5) is 11.9. The summed E-state index contributed by atoms with van der Waals surface area (Å²) in [5.41, 5.74) is 2.54. The Morgan fingerprint density at radius 2 is 1.82 bits per heavy atom. The Morgan fingerprint density at radius 1 is 1.04 bits per heavy atom. The van der Waals surface area contributed by atoms with Gasteiger partial charge in [0.25, 0.3) is 5.88 Å². The second-order valence-corrected chi connectivity index (χ2v) is 12.9. The minimum absolute atomic E-state index is 0.0401. The number of tetrazole rings is 1. The lowest BCUT2D eigenvalue weighted by molar-refractivity contribution is -0.0458. The molecule has 0 amide bonds. The standard InChI is InChI=1S/C34H43N11O4/c1-23(18-43-22-38-41-42-43)49-32-14-24(4-5-25(32)15-35)26-16-36-34(37-17-26)39-31-19-44(40-33(31)48-13-3-12-46-2)27-6-8-28(9-7-27)45-29-10-11-30(45)21-47-20-29/h4-5,14,16-17,19,22-23,27-30H,3,6-13,18,20-21H2,1-2H3,(H,36,37,39)/t23-,27?,28?,29-,30+/m0/s1/i2D3. The number of benzene rings is 1. The molecule has 2 bridgehead atoms. The molecule has 1 N–H and O–H groups in total. The van der Waals surface area contributed by atoms with Crippen LogP contribution in [0, 0.1) is 11.3 Å². The van der Waals surface area contributed by atoms with Crippen molar-refractivity contribution in [2.24, 2.45) is 0 Å². The van der Waals surface area contributed by atoms with Crippen molar-refractivity contribution in [1.82, 2.24) is 44.9 Å². The topological polar surface area (TPSA) is 163 Å². The molecule has 1 aliphatic carbocycles. The maximum atomic E-state index is 9.68. The van der Waals surface area contributed by atoms with Crippen molar-refractivity contribution < 1.29 is 23.1 Å². The maximum Gasteiger partial charge on any atom is 0.256 e. The Hall–Kier alpha value is -4.65. The Morgan fingerprint density at radius 3 is 2.55 bits per heavy atom. The third-order valence-electron chi connectivity index (χ3n) is 9.58. The Balaban J connectivity index is 1.03. The van der Waals surface area contributed by atoms with Gasteiger partial charge in [0.1, 0.15) is 29.9 Å². The molecule has 15 nitrogen and oxygen atoms in total. The van der Waals surface area contributed by atoms with Crippen LogP contribution < -0.4 is 14.8 Å². The first kappa shape index (κ1) is 29.3. The molecule has 4 aromatic rings. The molecule has 3 aromatic heterocycles. The van der Waals surface area contributed by atoms with Gasteiger partial charge in [-0.3, -0.25) is 9.58 Å². The van der Waals surface area contributed by atoms with Crippen LogP contribution in [0.5, 0.6) is 11.6 Å². The number of rotatable bonds is 14. The Bertz CT molecular complexity index is 1790. The third-order valence-corrected chi connectivity index (χ3v) is 9.58. The van der Waals surface area contributed by atoms with Gasteiger partial charge in [0, 0.05) is 56.1 Å². The van der Waals surface area contributed by atoms with Crippen molar-refractivity contribution in [3.8, 4) is 28.8 Å². The van der Waals surface area contributed by atoms with Gasteiger partial charge < -0.3 is 24.3 Å². The van der Waals surface area contributed by atoms with Crippen molar-refractivity contribution in [2.75, 3.05) is 38.8 Å². The molecule has 15 heteroatoms. The van der Waals surface area contributed by atoms with Gasteiger partial charge in [-0.2, -0.15) is 5.26 Å². The molecule has 3 atom stereocenters. The first-order chi connectivity index (χ1) is 25.2. The van der Waals surface area contributed by atoms with Crippen LogP contribution in [0.3, 0.4) is 0 Å². The van der Waals surface area contributed by atoms with Crippen molar-refractivity contribution >= 4 is 11.6 Å². The van der Waals surface area contributed by atoms with E-state index in [-0.39, 0.29) is 25.4 Å². The molecule has 0 spiro atoms. The van der Waals surface area contributed by atoms with E-state index in [1.807, 2.05) is 23.9 Å². The van der Waals surface area contributed by atoms with Gasteiger partial charge in [-0.1, -0.05) is 6.07 Å². The zero-order valence-electron chi connectivity index (χ0n) is 30.5. The molecule has 49 heavy (non-hydrogen) atoms. The first-order valence-corrected chi connectivity index (χ1v) is 16.9. The van der Waals surface area contributed by atoms with Crippen LogP contribution in [0.2, 0.25) is 0 Å². The smallest absolute Gasteiger partial charge is 0.256 e. The van der Waals surface area contributed by atoms with Crippen LogP contribution in [-0.4, -0.2) is 103 Å². The van der Waals surface area contributed by atoms with Gasteiger partial charge >= 0.3 is 0 Å². The minimum Gasteiger partial charge on any atom is -0.487 e. The second-order valence-electron chi connectivity index (χ2n) is 12.9. The molecular weight excluding hydrogens is 626 g/mol. The average Bonchev–Trinajstić information content (AvgIpc) is 3.86. The summed E-state index contributed by atoms with van der Waals surface area (Å²) in [5, 5.41) is 29.0. The van der Waals surface area contributed by atoms with E-state index in [9.17, 15) is 5.26 Å². The van der Waals surface area contributed by atoms with Crippen molar-refractivity contribution in [2.45, 2.75) is 88.7 Å². The van der Waals surface area contributed by atoms with E-state index in [1.54, 1.807) is 29.2 Å². The summed E-state index contributed by atoms with van der Waals surface area (Å²) in [6.07, 6.45) is 13.6. The molecule has 7 rings (SSSR count). The molecule has 0 unspecified atom stereocenters. The van der Waals surface area contributed by atoms with Gasteiger partial charge in [-0.05, 0) is 73.6 Å². The highest BCUT2D eigenvalue weighted by Gasteiger charge is 2.42. The largest absolute Gasteiger partial charge is 0.487 e. The number of hydrogen-bond acceptors (Lipinski definition) is 13. The number of nitrogens with zero attached hydrogens (tertiary/aromatic N) is 10. The number of aromatic nitrogens is 8. The molecule has 1 saturated carbocycles. The Kier molecular flexibility index (Phi) is 9.13. The number of hydrogen-bond donors (Lipinski definition) is 1. The van der Waals surface area contributed by atoms with Crippen LogP contribution in [0.4, 0.5) is 11.6 Å². The number of methoxy groups -OCH3 is 1. The van der Waals surface area contributed by atoms with Crippen LogP contribution in [0.1, 0.15) is 67.6 Å². The van der Waals surface area contributed by atoms with Gasteiger partial charge in [-0.15, -0.1) is 10.2 Å². The van der Waals surface area contributed by atoms with Crippen LogP contribution in [-0.2, 0) is 16.0 Å². The summed E-state index contributed by atoms with van der Waals surface area (Å²) in [6.45, 7) is 4.25. The summed E-state index contributed by atoms with van der Waals surface area (Å²) < 4.78 is 48.2. The number of nitrogens with one attached hydrogen (secondary N) is 1.